The summed E-state index contributed by atoms with van der Waals surface area (Å²) >= 11 is 0. The molecule has 0 heterocycles. The van der Waals surface area contributed by atoms with E-state index in [1.54, 1.807) is 55.6 Å². The molecule has 43 heavy (non-hydrogen) atoms. The molecule has 0 radical (unpaired) electrons. The molecule has 0 saturated carbocycles. The van der Waals surface area contributed by atoms with E-state index in [1.807, 2.05) is 48.6 Å². The molecule has 1 aliphatic carbocycles. The maximum absolute atomic E-state index is 14.1. The molecule has 3 aromatic carbocycles. The van der Waals surface area contributed by atoms with Gasteiger partial charge in [-0.3, -0.25) is 9.59 Å². The molecule has 6 heteroatoms. The summed E-state index contributed by atoms with van der Waals surface area (Å²) in [5, 5.41) is 11.5. The maximum Gasteiger partial charge on any atom is 0.326 e. The first-order valence-electron chi connectivity index (χ1n) is 14.6. The summed E-state index contributed by atoms with van der Waals surface area (Å²) in [6.45, 7) is 12.3. The van der Waals surface area contributed by atoms with Crippen LogP contribution in [0.3, 0.4) is 0 Å². The molecule has 3 aromatic rings. The van der Waals surface area contributed by atoms with Gasteiger partial charge in [0.15, 0.2) is 5.92 Å². The van der Waals surface area contributed by atoms with E-state index in [9.17, 15) is 14.7 Å². The topological polar surface area (TPSA) is 82.1 Å². The minimum absolute atomic E-state index is 0.328. The van der Waals surface area contributed by atoms with Gasteiger partial charge < -0.3 is 19.3 Å². The average molecular weight is 583 g/mol. The smallest absolute Gasteiger partial charge is 0.326 e. The lowest BCUT2D eigenvalue weighted by molar-refractivity contribution is -0.152. The third kappa shape index (κ3) is 7.63. The molecule has 226 valence electrons. The predicted molar refractivity (Wildman–Crippen MR) is 168 cm³/mol. The lowest BCUT2D eigenvalue weighted by atomic mass is 9.65. The van der Waals surface area contributed by atoms with Crippen LogP contribution in [0.25, 0.3) is 0 Å². The zero-order chi connectivity index (χ0) is 31.4. The molecule has 0 aliphatic heterocycles. The number of esters is 2. The van der Waals surface area contributed by atoms with Gasteiger partial charge in [-0.2, -0.15) is 0 Å². The van der Waals surface area contributed by atoms with Crippen molar-refractivity contribution in [3.63, 3.8) is 0 Å². The van der Waals surface area contributed by atoms with Crippen molar-refractivity contribution in [2.24, 2.45) is 22.7 Å². The molecular weight excluding hydrogens is 540 g/mol. The van der Waals surface area contributed by atoms with Crippen LogP contribution in [0.15, 0.2) is 108 Å². The van der Waals surface area contributed by atoms with Gasteiger partial charge in [-0.05, 0) is 63.9 Å². The molecule has 1 N–H and O–H groups in total. The van der Waals surface area contributed by atoms with E-state index < -0.39 is 35.8 Å². The van der Waals surface area contributed by atoms with E-state index in [0.717, 1.165) is 16.7 Å². The highest BCUT2D eigenvalue weighted by Crippen LogP contribution is 2.47. The van der Waals surface area contributed by atoms with E-state index in [4.69, 9.17) is 14.2 Å². The maximum atomic E-state index is 14.1. The van der Waals surface area contributed by atoms with Crippen molar-refractivity contribution in [1.29, 1.82) is 0 Å². The van der Waals surface area contributed by atoms with Gasteiger partial charge >= 0.3 is 11.9 Å². The summed E-state index contributed by atoms with van der Waals surface area (Å²) in [6.07, 6.45) is 3.22. The third-order valence-electron chi connectivity index (χ3n) is 7.77. The highest BCUT2D eigenvalue weighted by Gasteiger charge is 2.45. The predicted octanol–water partition coefficient (Wildman–Crippen LogP) is 7.54. The van der Waals surface area contributed by atoms with Crippen LogP contribution in [-0.4, -0.2) is 30.3 Å². The Morgan fingerprint density at radius 1 is 0.651 bits per heavy atom. The summed E-state index contributed by atoms with van der Waals surface area (Å²) in [5.74, 6) is -2.66. The fourth-order valence-corrected chi connectivity index (χ4v) is 5.53. The number of aliphatic hydroxyl groups excluding tert-OH is 1. The number of allylic oxidation sites excluding steroid dienone is 2. The SMILES string of the molecule is COc1ccc([C@H](C2C=C(C(C)(C)C)C(O)C(C(C)(C)C)=C2)C(C(=O)Oc2ccccc2)C(=O)Oc2ccccc2)cc1. The highest BCUT2D eigenvalue weighted by molar-refractivity contribution is 5.98. The van der Waals surface area contributed by atoms with Crippen LogP contribution < -0.4 is 14.2 Å². The van der Waals surface area contributed by atoms with Crippen molar-refractivity contribution in [2.45, 2.75) is 53.6 Å². The second-order valence-corrected chi connectivity index (χ2v) is 13.0. The summed E-state index contributed by atoms with van der Waals surface area (Å²) in [7, 11) is 1.59. The zero-order valence-corrected chi connectivity index (χ0v) is 26.0. The second-order valence-electron chi connectivity index (χ2n) is 13.0. The lowest BCUT2D eigenvalue weighted by Gasteiger charge is -2.41. The molecule has 0 spiro atoms. The average Bonchev–Trinajstić information content (AvgIpc) is 2.96. The first-order valence-corrected chi connectivity index (χ1v) is 14.6. The summed E-state index contributed by atoms with van der Waals surface area (Å²) < 4.78 is 17.1. The quantitative estimate of drug-likeness (QED) is 0.128. The number of carbonyl (C=O) groups excluding carboxylic acids is 2. The fraction of sp³-hybridized carbons (Fsp3) is 0.351. The number of para-hydroxylation sites is 2. The largest absolute Gasteiger partial charge is 0.497 e. The van der Waals surface area contributed by atoms with Crippen LogP contribution in [0.5, 0.6) is 17.2 Å². The molecule has 1 atom stereocenters. The summed E-state index contributed by atoms with van der Waals surface area (Å²) in [4.78, 5) is 28.2. The molecule has 6 nitrogen and oxygen atoms in total. The van der Waals surface area contributed by atoms with Crippen molar-refractivity contribution in [2.75, 3.05) is 7.11 Å². The van der Waals surface area contributed by atoms with E-state index in [-0.39, 0.29) is 10.8 Å². The zero-order valence-electron chi connectivity index (χ0n) is 26.0. The van der Waals surface area contributed by atoms with Gasteiger partial charge in [0.2, 0.25) is 0 Å². The number of rotatable bonds is 8. The van der Waals surface area contributed by atoms with E-state index >= 15 is 0 Å². The van der Waals surface area contributed by atoms with Crippen molar-refractivity contribution >= 4 is 11.9 Å². The van der Waals surface area contributed by atoms with Crippen LogP contribution in [0.1, 0.15) is 53.0 Å². The summed E-state index contributed by atoms with van der Waals surface area (Å²) in [5.41, 5.74) is 1.64. The van der Waals surface area contributed by atoms with Crippen LogP contribution in [0.2, 0.25) is 0 Å². The Kier molecular flexibility index (Phi) is 9.61. The second kappa shape index (κ2) is 13.0. The number of methoxy groups -OCH3 is 1. The molecular formula is C37H42O6. The Labute approximate surface area is 255 Å². The van der Waals surface area contributed by atoms with E-state index in [0.29, 0.717) is 17.2 Å². The first-order chi connectivity index (χ1) is 20.3. The molecule has 0 fully saturated rings. The number of hydrogen-bond acceptors (Lipinski definition) is 6. The van der Waals surface area contributed by atoms with Crippen LogP contribution in [-0.2, 0) is 9.59 Å². The molecule has 0 aromatic heterocycles. The van der Waals surface area contributed by atoms with Crippen LogP contribution >= 0.6 is 0 Å². The van der Waals surface area contributed by atoms with Gasteiger partial charge in [-0.15, -0.1) is 0 Å². The number of benzene rings is 3. The van der Waals surface area contributed by atoms with Gasteiger partial charge in [0.1, 0.15) is 17.2 Å². The number of hydrogen-bond donors (Lipinski definition) is 1. The summed E-state index contributed by atoms with van der Waals surface area (Å²) in [6, 6.07) is 24.7. The number of ether oxygens (including phenoxy) is 3. The fourth-order valence-electron chi connectivity index (χ4n) is 5.53. The minimum atomic E-state index is -1.34. The van der Waals surface area contributed by atoms with E-state index in [1.165, 1.54) is 0 Å². The van der Waals surface area contributed by atoms with Gasteiger partial charge in [-0.25, -0.2) is 0 Å². The van der Waals surface area contributed by atoms with Crippen molar-refractivity contribution in [3.8, 4) is 17.2 Å². The molecule has 0 amide bonds. The van der Waals surface area contributed by atoms with E-state index in [2.05, 4.69) is 41.5 Å². The molecule has 0 unspecified atom stereocenters. The normalized spacial score (nSPS) is 17.9. The highest BCUT2D eigenvalue weighted by atomic mass is 16.6. The van der Waals surface area contributed by atoms with Gasteiger partial charge in [-0.1, -0.05) is 102 Å². The van der Waals surface area contributed by atoms with Gasteiger partial charge in [0, 0.05) is 11.8 Å². The Hall–Kier alpha value is -4.16. The Morgan fingerprint density at radius 3 is 1.44 bits per heavy atom. The lowest BCUT2D eigenvalue weighted by Crippen LogP contribution is -2.41. The van der Waals surface area contributed by atoms with Gasteiger partial charge in [0.05, 0.1) is 13.2 Å². The molecule has 0 bridgehead atoms. The number of carbonyl (C=O) groups is 2. The van der Waals surface area contributed by atoms with Crippen LogP contribution in [0.4, 0.5) is 0 Å². The third-order valence-corrected chi connectivity index (χ3v) is 7.77. The Morgan fingerprint density at radius 2 is 1.07 bits per heavy atom. The monoisotopic (exact) mass is 582 g/mol. The van der Waals surface area contributed by atoms with Crippen molar-refractivity contribution < 1.29 is 28.9 Å². The minimum Gasteiger partial charge on any atom is -0.497 e. The Balaban J connectivity index is 1.93. The van der Waals surface area contributed by atoms with Crippen molar-refractivity contribution in [3.05, 3.63) is 114 Å². The standard InChI is InChI=1S/C37H42O6/c1-36(2,3)29-22-25(23-30(33(29)38)37(4,5)6)31(24-18-20-26(41-7)21-19-24)32(34(39)42-27-14-10-8-11-15-27)35(40)43-28-16-12-9-13-17-28/h8-23,25,31-33,38H,1-7H3/t25?,31-,33?/m1/s1. The number of aliphatic hydroxyl groups is 1. The van der Waals surface area contributed by atoms with Gasteiger partial charge in [0.25, 0.3) is 0 Å². The van der Waals surface area contributed by atoms with Crippen LogP contribution in [0, 0.1) is 22.7 Å². The molecule has 4 rings (SSSR count). The molecule has 1 aliphatic rings. The molecule has 0 saturated heterocycles. The Bertz CT molecular complexity index is 1370. The first kappa shape index (κ1) is 31.8. The van der Waals surface area contributed by atoms with Crippen molar-refractivity contribution in [1.82, 2.24) is 0 Å².